The van der Waals surface area contributed by atoms with Gasteiger partial charge in [-0.15, -0.1) is 0 Å². The number of imidazole rings is 1. The zero-order valence-electron chi connectivity index (χ0n) is 13.1. The average Bonchev–Trinajstić information content (AvgIpc) is 3.11. The second kappa shape index (κ2) is 6.53. The van der Waals surface area contributed by atoms with Crippen LogP contribution in [0.4, 0.5) is 4.79 Å². The fourth-order valence-corrected chi connectivity index (χ4v) is 2.49. The standard InChI is InChI=1S/C16H17N5O3/c1-10-17-6-7-21(10)12-4-2-11(3-5-12)9-18-14(22)8-13-15(23)20-16(24)19-13/h2-7,13H,8-9H2,1H3,(H,18,22)(H2,19,20,23,24)/t13-/m1/s1. The van der Waals surface area contributed by atoms with Crippen molar-refractivity contribution < 1.29 is 14.4 Å². The summed E-state index contributed by atoms with van der Waals surface area (Å²) in [5, 5.41) is 7.22. The first-order chi connectivity index (χ1) is 11.5. The maximum absolute atomic E-state index is 11.9. The van der Waals surface area contributed by atoms with Crippen LogP contribution in [0.5, 0.6) is 0 Å². The van der Waals surface area contributed by atoms with Gasteiger partial charge in [0.05, 0.1) is 6.42 Å². The highest BCUT2D eigenvalue weighted by Gasteiger charge is 2.31. The fourth-order valence-electron chi connectivity index (χ4n) is 2.49. The second-order valence-corrected chi connectivity index (χ2v) is 5.51. The molecule has 2 heterocycles. The maximum atomic E-state index is 11.9. The molecule has 1 aliphatic heterocycles. The summed E-state index contributed by atoms with van der Waals surface area (Å²) in [6.45, 7) is 2.27. The summed E-state index contributed by atoms with van der Waals surface area (Å²) in [7, 11) is 0. The third-order valence-corrected chi connectivity index (χ3v) is 3.78. The highest BCUT2D eigenvalue weighted by Crippen LogP contribution is 2.11. The van der Waals surface area contributed by atoms with Crippen molar-refractivity contribution in [2.24, 2.45) is 0 Å². The Labute approximate surface area is 138 Å². The quantitative estimate of drug-likeness (QED) is 0.691. The summed E-state index contributed by atoms with van der Waals surface area (Å²) in [5.41, 5.74) is 1.93. The number of urea groups is 1. The molecule has 24 heavy (non-hydrogen) atoms. The van der Waals surface area contributed by atoms with E-state index in [0.717, 1.165) is 17.1 Å². The molecule has 124 valence electrons. The minimum atomic E-state index is -0.802. The lowest BCUT2D eigenvalue weighted by molar-refractivity contribution is -0.126. The summed E-state index contributed by atoms with van der Waals surface area (Å²) in [5.74, 6) is 0.120. The Bertz CT molecular complexity index is 781. The number of carbonyl (C=O) groups excluding carboxylic acids is 3. The number of benzene rings is 1. The molecule has 0 saturated carbocycles. The van der Waals surface area contributed by atoms with Crippen LogP contribution in [0.15, 0.2) is 36.7 Å². The van der Waals surface area contributed by atoms with E-state index in [1.807, 2.05) is 42.0 Å². The van der Waals surface area contributed by atoms with Crippen molar-refractivity contribution in [3.05, 3.63) is 48.0 Å². The van der Waals surface area contributed by atoms with Crippen LogP contribution in [-0.4, -0.2) is 33.4 Å². The van der Waals surface area contributed by atoms with Crippen molar-refractivity contribution in [3.8, 4) is 5.69 Å². The molecule has 1 atom stereocenters. The number of aryl methyl sites for hydroxylation is 1. The zero-order valence-corrected chi connectivity index (χ0v) is 13.1. The second-order valence-electron chi connectivity index (χ2n) is 5.51. The van der Waals surface area contributed by atoms with Gasteiger partial charge in [0.15, 0.2) is 0 Å². The van der Waals surface area contributed by atoms with Crippen LogP contribution >= 0.6 is 0 Å². The number of carbonyl (C=O) groups is 3. The van der Waals surface area contributed by atoms with Crippen LogP contribution < -0.4 is 16.0 Å². The van der Waals surface area contributed by atoms with Gasteiger partial charge in [-0.2, -0.15) is 0 Å². The zero-order chi connectivity index (χ0) is 17.1. The van der Waals surface area contributed by atoms with Gasteiger partial charge in [-0.1, -0.05) is 12.1 Å². The Hall–Kier alpha value is -3.16. The Kier molecular flexibility index (Phi) is 4.28. The molecule has 0 spiro atoms. The number of nitrogens with one attached hydrogen (secondary N) is 3. The van der Waals surface area contributed by atoms with Gasteiger partial charge in [0.1, 0.15) is 11.9 Å². The fraction of sp³-hybridized carbons (Fsp3) is 0.250. The topological polar surface area (TPSA) is 105 Å². The van der Waals surface area contributed by atoms with Gasteiger partial charge in [0, 0.05) is 24.6 Å². The Morgan fingerprint density at radius 1 is 1.29 bits per heavy atom. The number of rotatable bonds is 5. The Morgan fingerprint density at radius 2 is 2.04 bits per heavy atom. The first kappa shape index (κ1) is 15.7. The average molecular weight is 327 g/mol. The molecule has 1 aromatic carbocycles. The molecule has 0 radical (unpaired) electrons. The molecule has 8 heteroatoms. The van der Waals surface area contributed by atoms with Gasteiger partial charge in [-0.05, 0) is 24.6 Å². The number of nitrogens with zero attached hydrogens (tertiary/aromatic N) is 2. The van der Waals surface area contributed by atoms with E-state index in [-0.39, 0.29) is 12.3 Å². The van der Waals surface area contributed by atoms with Crippen LogP contribution in [-0.2, 0) is 16.1 Å². The van der Waals surface area contributed by atoms with Crippen LogP contribution in [0.2, 0.25) is 0 Å². The van der Waals surface area contributed by atoms with Crippen molar-refractivity contribution in [1.29, 1.82) is 0 Å². The number of imide groups is 1. The predicted molar refractivity (Wildman–Crippen MR) is 85.2 cm³/mol. The summed E-state index contributed by atoms with van der Waals surface area (Å²) in [6.07, 6.45) is 3.54. The maximum Gasteiger partial charge on any atom is 0.322 e. The molecule has 0 bridgehead atoms. The number of aromatic nitrogens is 2. The van der Waals surface area contributed by atoms with Gasteiger partial charge < -0.3 is 15.2 Å². The van der Waals surface area contributed by atoms with Crippen molar-refractivity contribution in [2.75, 3.05) is 0 Å². The van der Waals surface area contributed by atoms with E-state index >= 15 is 0 Å². The Balaban J connectivity index is 1.53. The first-order valence-corrected chi connectivity index (χ1v) is 7.50. The lowest BCUT2D eigenvalue weighted by atomic mass is 10.1. The third-order valence-electron chi connectivity index (χ3n) is 3.78. The van der Waals surface area contributed by atoms with Gasteiger partial charge in [-0.25, -0.2) is 9.78 Å². The largest absolute Gasteiger partial charge is 0.352 e. The minimum absolute atomic E-state index is 0.0795. The van der Waals surface area contributed by atoms with Crippen molar-refractivity contribution in [2.45, 2.75) is 25.9 Å². The summed E-state index contributed by atoms with van der Waals surface area (Å²) in [6, 6.07) is 6.35. The predicted octanol–water partition coefficient (Wildman–Crippen LogP) is 0.395. The number of hydrogen-bond donors (Lipinski definition) is 3. The molecule has 0 unspecified atom stereocenters. The normalized spacial score (nSPS) is 16.6. The molecule has 1 aromatic heterocycles. The number of amides is 4. The lowest BCUT2D eigenvalue weighted by Gasteiger charge is -2.10. The summed E-state index contributed by atoms with van der Waals surface area (Å²) in [4.78, 5) is 38.4. The van der Waals surface area contributed by atoms with E-state index in [1.165, 1.54) is 0 Å². The van der Waals surface area contributed by atoms with Crippen LogP contribution in [0.1, 0.15) is 17.8 Å². The molecule has 4 amide bonds. The monoisotopic (exact) mass is 327 g/mol. The third kappa shape index (κ3) is 3.43. The molecule has 1 fully saturated rings. The molecule has 1 aliphatic rings. The molecular weight excluding hydrogens is 310 g/mol. The van der Waals surface area contributed by atoms with E-state index < -0.39 is 18.0 Å². The van der Waals surface area contributed by atoms with Crippen molar-refractivity contribution >= 4 is 17.8 Å². The van der Waals surface area contributed by atoms with Gasteiger partial charge >= 0.3 is 6.03 Å². The van der Waals surface area contributed by atoms with E-state index in [4.69, 9.17) is 0 Å². The van der Waals surface area contributed by atoms with E-state index in [0.29, 0.717) is 6.54 Å². The molecule has 3 N–H and O–H groups in total. The molecule has 2 aromatic rings. The van der Waals surface area contributed by atoms with E-state index in [2.05, 4.69) is 20.9 Å². The van der Waals surface area contributed by atoms with Crippen LogP contribution in [0.3, 0.4) is 0 Å². The van der Waals surface area contributed by atoms with Crippen LogP contribution in [0, 0.1) is 6.92 Å². The van der Waals surface area contributed by atoms with Crippen molar-refractivity contribution in [1.82, 2.24) is 25.5 Å². The molecule has 3 rings (SSSR count). The molecule has 8 nitrogen and oxygen atoms in total. The lowest BCUT2D eigenvalue weighted by Crippen LogP contribution is -2.36. The summed E-state index contributed by atoms with van der Waals surface area (Å²) < 4.78 is 1.96. The van der Waals surface area contributed by atoms with E-state index in [1.54, 1.807) is 6.20 Å². The highest BCUT2D eigenvalue weighted by molar-refractivity contribution is 6.05. The van der Waals surface area contributed by atoms with Gasteiger partial charge in [-0.3, -0.25) is 14.9 Å². The van der Waals surface area contributed by atoms with E-state index in [9.17, 15) is 14.4 Å². The molecule has 1 saturated heterocycles. The van der Waals surface area contributed by atoms with Crippen LogP contribution in [0.25, 0.3) is 5.69 Å². The highest BCUT2D eigenvalue weighted by atomic mass is 16.2. The minimum Gasteiger partial charge on any atom is -0.352 e. The first-order valence-electron chi connectivity index (χ1n) is 7.50. The molecule has 0 aliphatic carbocycles. The summed E-state index contributed by atoms with van der Waals surface area (Å²) >= 11 is 0. The smallest absolute Gasteiger partial charge is 0.322 e. The number of hydrogen-bond acceptors (Lipinski definition) is 4. The van der Waals surface area contributed by atoms with Gasteiger partial charge in [0.25, 0.3) is 5.91 Å². The van der Waals surface area contributed by atoms with Crippen molar-refractivity contribution in [3.63, 3.8) is 0 Å². The Morgan fingerprint density at radius 3 is 2.62 bits per heavy atom. The van der Waals surface area contributed by atoms with Gasteiger partial charge in [0.2, 0.25) is 5.91 Å². The molecular formula is C16H17N5O3. The SMILES string of the molecule is Cc1nccn1-c1ccc(CNC(=O)C[C@H]2NC(=O)NC2=O)cc1.